The first-order chi connectivity index (χ1) is 11.6. The third-order valence-corrected chi connectivity index (χ3v) is 4.17. The number of pyridine rings is 1. The van der Waals surface area contributed by atoms with Gasteiger partial charge < -0.3 is 15.0 Å². The van der Waals surface area contributed by atoms with Crippen molar-refractivity contribution in [1.82, 2.24) is 15.2 Å². The largest absolute Gasteiger partial charge is 0.496 e. The van der Waals surface area contributed by atoms with E-state index < -0.39 is 0 Å². The van der Waals surface area contributed by atoms with Crippen LogP contribution < -0.4 is 10.1 Å². The molecule has 128 valence electrons. The van der Waals surface area contributed by atoms with Crippen LogP contribution in [0, 0.1) is 0 Å². The molecular formula is C18H22ClN3O2. The maximum atomic E-state index is 12.5. The van der Waals surface area contributed by atoms with E-state index in [1.807, 2.05) is 12.1 Å². The molecule has 0 spiro atoms. The molecule has 5 nitrogen and oxygen atoms in total. The lowest BCUT2D eigenvalue weighted by atomic mass is 10.1. The highest BCUT2D eigenvalue weighted by Crippen LogP contribution is 2.24. The van der Waals surface area contributed by atoms with Crippen LogP contribution in [0.5, 0.6) is 5.75 Å². The van der Waals surface area contributed by atoms with Gasteiger partial charge in [0, 0.05) is 36.6 Å². The van der Waals surface area contributed by atoms with E-state index in [1.54, 1.807) is 49.7 Å². The molecule has 0 bridgehead atoms. The van der Waals surface area contributed by atoms with Gasteiger partial charge >= 0.3 is 6.03 Å². The SMILES string of the molecule is CCC(c1ccncc1)N(C)C(=O)NCc1cc(Cl)ccc1OC. The zero-order valence-electron chi connectivity index (χ0n) is 14.1. The molecule has 1 heterocycles. The second-order valence-electron chi connectivity index (χ2n) is 5.43. The van der Waals surface area contributed by atoms with Crippen LogP contribution >= 0.6 is 11.6 Å². The molecule has 1 aromatic heterocycles. The normalized spacial score (nSPS) is 11.7. The summed E-state index contributed by atoms with van der Waals surface area (Å²) in [6.45, 7) is 2.40. The van der Waals surface area contributed by atoms with Crippen LogP contribution in [0.25, 0.3) is 0 Å². The molecule has 0 radical (unpaired) electrons. The van der Waals surface area contributed by atoms with E-state index in [-0.39, 0.29) is 12.1 Å². The topological polar surface area (TPSA) is 54.5 Å². The monoisotopic (exact) mass is 347 g/mol. The van der Waals surface area contributed by atoms with Gasteiger partial charge in [-0.2, -0.15) is 0 Å². The van der Waals surface area contributed by atoms with Gasteiger partial charge in [-0.05, 0) is 42.3 Å². The highest BCUT2D eigenvalue weighted by atomic mass is 35.5. The van der Waals surface area contributed by atoms with Crippen LogP contribution in [-0.2, 0) is 6.54 Å². The first-order valence-corrected chi connectivity index (χ1v) is 8.17. The van der Waals surface area contributed by atoms with Crippen molar-refractivity contribution in [3.05, 3.63) is 58.9 Å². The molecule has 1 unspecified atom stereocenters. The number of methoxy groups -OCH3 is 1. The number of halogens is 1. The van der Waals surface area contributed by atoms with Crippen molar-refractivity contribution in [3.8, 4) is 5.75 Å². The minimum Gasteiger partial charge on any atom is -0.496 e. The molecule has 0 aliphatic carbocycles. The highest BCUT2D eigenvalue weighted by Gasteiger charge is 2.20. The Hall–Kier alpha value is -2.27. The quantitative estimate of drug-likeness (QED) is 0.858. The summed E-state index contributed by atoms with van der Waals surface area (Å²) in [5.74, 6) is 0.698. The minimum atomic E-state index is -0.152. The van der Waals surface area contributed by atoms with E-state index in [9.17, 15) is 4.79 Å². The third kappa shape index (κ3) is 4.38. The molecule has 2 rings (SSSR count). The molecule has 1 aromatic carbocycles. The molecule has 0 aliphatic heterocycles. The average molecular weight is 348 g/mol. The number of hydrogen-bond donors (Lipinski definition) is 1. The number of urea groups is 1. The Balaban J connectivity index is 2.05. The van der Waals surface area contributed by atoms with Crippen LogP contribution in [0.2, 0.25) is 5.02 Å². The lowest BCUT2D eigenvalue weighted by molar-refractivity contribution is 0.188. The molecule has 0 aliphatic rings. The Morgan fingerprint density at radius 2 is 2.04 bits per heavy atom. The maximum absolute atomic E-state index is 12.5. The maximum Gasteiger partial charge on any atom is 0.317 e. The zero-order chi connectivity index (χ0) is 17.5. The van der Waals surface area contributed by atoms with E-state index in [1.165, 1.54) is 0 Å². The summed E-state index contributed by atoms with van der Waals surface area (Å²) in [4.78, 5) is 18.2. The average Bonchev–Trinajstić information content (AvgIpc) is 2.61. The summed E-state index contributed by atoms with van der Waals surface area (Å²) in [5.41, 5.74) is 1.90. The number of carbonyl (C=O) groups excluding carboxylic acids is 1. The first-order valence-electron chi connectivity index (χ1n) is 7.79. The smallest absolute Gasteiger partial charge is 0.317 e. The van der Waals surface area contributed by atoms with Crippen LogP contribution in [-0.4, -0.2) is 30.1 Å². The van der Waals surface area contributed by atoms with Gasteiger partial charge in [-0.25, -0.2) is 4.79 Å². The van der Waals surface area contributed by atoms with Gasteiger partial charge in [0.15, 0.2) is 0 Å². The van der Waals surface area contributed by atoms with Crippen LogP contribution in [0.4, 0.5) is 4.79 Å². The summed E-state index contributed by atoms with van der Waals surface area (Å²) < 4.78 is 5.30. The number of benzene rings is 1. The molecule has 2 amide bonds. The fourth-order valence-electron chi connectivity index (χ4n) is 2.64. The van der Waals surface area contributed by atoms with Crippen molar-refractivity contribution in [1.29, 1.82) is 0 Å². The van der Waals surface area contributed by atoms with E-state index >= 15 is 0 Å². The fraction of sp³-hybridized carbons (Fsp3) is 0.333. The van der Waals surface area contributed by atoms with E-state index in [0.29, 0.717) is 17.3 Å². The highest BCUT2D eigenvalue weighted by molar-refractivity contribution is 6.30. The number of carbonyl (C=O) groups is 1. The molecule has 24 heavy (non-hydrogen) atoms. The number of nitrogens with one attached hydrogen (secondary N) is 1. The Labute approximate surface area is 147 Å². The summed E-state index contributed by atoms with van der Waals surface area (Å²) in [5, 5.41) is 3.53. The van der Waals surface area contributed by atoms with Crippen LogP contribution in [0.1, 0.15) is 30.5 Å². The second kappa shape index (κ2) is 8.55. The van der Waals surface area contributed by atoms with E-state index in [0.717, 1.165) is 17.5 Å². The molecule has 0 saturated carbocycles. The lowest BCUT2D eigenvalue weighted by Crippen LogP contribution is -2.39. The van der Waals surface area contributed by atoms with Crippen molar-refractivity contribution in [2.45, 2.75) is 25.9 Å². The van der Waals surface area contributed by atoms with Crippen molar-refractivity contribution < 1.29 is 9.53 Å². The van der Waals surface area contributed by atoms with Crippen molar-refractivity contribution in [2.75, 3.05) is 14.2 Å². The number of aromatic nitrogens is 1. The summed E-state index contributed by atoms with van der Waals surface area (Å²) in [6.07, 6.45) is 4.29. The standard InChI is InChI=1S/C18H22ClN3O2/c1-4-16(13-7-9-20-10-8-13)22(2)18(23)21-12-14-11-15(19)5-6-17(14)24-3/h5-11,16H,4,12H2,1-3H3,(H,21,23). The number of nitrogens with zero attached hydrogens (tertiary/aromatic N) is 2. The Kier molecular flexibility index (Phi) is 6.44. The molecule has 1 N–H and O–H groups in total. The Bertz CT molecular complexity index is 679. The fourth-order valence-corrected chi connectivity index (χ4v) is 2.84. The lowest BCUT2D eigenvalue weighted by Gasteiger charge is -2.28. The van der Waals surface area contributed by atoms with Crippen molar-refractivity contribution >= 4 is 17.6 Å². The van der Waals surface area contributed by atoms with Gasteiger partial charge in [0.1, 0.15) is 5.75 Å². The summed E-state index contributed by atoms with van der Waals surface area (Å²) in [7, 11) is 3.39. The van der Waals surface area contributed by atoms with E-state index in [2.05, 4.69) is 17.2 Å². The molecule has 1 atom stereocenters. The molecule has 6 heteroatoms. The van der Waals surface area contributed by atoms with Gasteiger partial charge in [-0.15, -0.1) is 0 Å². The number of rotatable bonds is 6. The van der Waals surface area contributed by atoms with Gasteiger partial charge in [0.05, 0.1) is 13.2 Å². The van der Waals surface area contributed by atoms with Crippen molar-refractivity contribution in [2.24, 2.45) is 0 Å². The Morgan fingerprint density at radius 1 is 1.33 bits per heavy atom. The van der Waals surface area contributed by atoms with Gasteiger partial charge in [-0.1, -0.05) is 18.5 Å². The third-order valence-electron chi connectivity index (χ3n) is 3.94. The summed E-state index contributed by atoms with van der Waals surface area (Å²) >= 11 is 6.02. The first kappa shape index (κ1) is 18.1. The minimum absolute atomic E-state index is 0.00532. The molecule has 2 aromatic rings. The van der Waals surface area contributed by atoms with Crippen molar-refractivity contribution in [3.63, 3.8) is 0 Å². The second-order valence-corrected chi connectivity index (χ2v) is 5.87. The Morgan fingerprint density at radius 3 is 2.67 bits per heavy atom. The van der Waals surface area contributed by atoms with Gasteiger partial charge in [0.2, 0.25) is 0 Å². The summed E-state index contributed by atoms with van der Waals surface area (Å²) in [6, 6.07) is 9.04. The number of hydrogen-bond acceptors (Lipinski definition) is 3. The predicted molar refractivity (Wildman–Crippen MR) is 95.3 cm³/mol. The van der Waals surface area contributed by atoms with Gasteiger partial charge in [-0.3, -0.25) is 4.98 Å². The zero-order valence-corrected chi connectivity index (χ0v) is 14.9. The molecule has 0 fully saturated rings. The molecule has 0 saturated heterocycles. The molecular weight excluding hydrogens is 326 g/mol. The van der Waals surface area contributed by atoms with Gasteiger partial charge in [0.25, 0.3) is 0 Å². The van der Waals surface area contributed by atoms with Crippen LogP contribution in [0.15, 0.2) is 42.7 Å². The predicted octanol–water partition coefficient (Wildman–Crippen LogP) is 4.04. The van der Waals surface area contributed by atoms with Crippen LogP contribution in [0.3, 0.4) is 0 Å². The van der Waals surface area contributed by atoms with E-state index in [4.69, 9.17) is 16.3 Å². The number of ether oxygens (including phenoxy) is 1. The number of amides is 2.